The van der Waals surface area contributed by atoms with E-state index in [2.05, 4.69) is 0 Å². The van der Waals surface area contributed by atoms with Gasteiger partial charge in [-0.2, -0.15) is 16.1 Å². The summed E-state index contributed by atoms with van der Waals surface area (Å²) in [7, 11) is -3.76. The second-order valence-electron chi connectivity index (χ2n) is 6.29. The number of halogens is 1. The highest BCUT2D eigenvalue weighted by atomic mass is 32.2. The second-order valence-corrected chi connectivity index (χ2v) is 9.09. The molecular weight excluding hydrogens is 387 g/mol. The van der Waals surface area contributed by atoms with E-state index in [1.54, 1.807) is 22.7 Å². The molecule has 1 aliphatic rings. The summed E-state index contributed by atoms with van der Waals surface area (Å²) < 4.78 is 40.0. The van der Waals surface area contributed by atoms with Gasteiger partial charge in [0, 0.05) is 37.5 Å². The molecule has 27 heavy (non-hydrogen) atoms. The molecule has 2 aromatic rings. The number of sulfonamides is 1. The van der Waals surface area contributed by atoms with Crippen LogP contribution in [0.15, 0.2) is 53.4 Å². The number of carbonyl (C=O) groups is 1. The zero-order valence-corrected chi connectivity index (χ0v) is 16.6. The first-order valence-corrected chi connectivity index (χ1v) is 11.4. The van der Waals surface area contributed by atoms with Crippen LogP contribution in [0.4, 0.5) is 4.39 Å². The molecule has 0 radical (unpaired) electrons. The van der Waals surface area contributed by atoms with Crippen molar-refractivity contribution in [3.63, 3.8) is 0 Å². The lowest BCUT2D eigenvalue weighted by Gasteiger charge is -2.34. The predicted octanol–water partition coefficient (Wildman–Crippen LogP) is 2.84. The molecule has 0 saturated carbocycles. The van der Waals surface area contributed by atoms with E-state index >= 15 is 0 Å². The number of hydrogen-bond donors (Lipinski definition) is 0. The monoisotopic (exact) mass is 408 g/mol. The molecule has 8 heteroatoms. The Labute approximate surface area is 163 Å². The van der Waals surface area contributed by atoms with Crippen molar-refractivity contribution in [1.82, 2.24) is 9.21 Å². The SMILES string of the molecule is CSCc1cccc(C(=O)N2CCN(S(=O)(=O)c3cccc(F)c3)CC2)c1. The quantitative estimate of drug-likeness (QED) is 0.763. The van der Waals surface area contributed by atoms with Gasteiger partial charge in [-0.3, -0.25) is 4.79 Å². The minimum absolute atomic E-state index is 0.0629. The van der Waals surface area contributed by atoms with Gasteiger partial charge < -0.3 is 4.90 Å². The van der Waals surface area contributed by atoms with E-state index in [1.165, 1.54) is 22.5 Å². The van der Waals surface area contributed by atoms with Crippen LogP contribution in [0.3, 0.4) is 0 Å². The Morgan fingerprint density at radius 1 is 1.07 bits per heavy atom. The average molecular weight is 409 g/mol. The van der Waals surface area contributed by atoms with E-state index < -0.39 is 15.8 Å². The number of thioether (sulfide) groups is 1. The third-order valence-corrected chi connectivity index (χ3v) is 6.96. The molecule has 1 fully saturated rings. The summed E-state index contributed by atoms with van der Waals surface area (Å²) in [6, 6.07) is 12.5. The van der Waals surface area contributed by atoms with Crippen molar-refractivity contribution in [2.75, 3.05) is 32.4 Å². The van der Waals surface area contributed by atoms with Crippen molar-refractivity contribution in [2.45, 2.75) is 10.6 Å². The molecule has 1 saturated heterocycles. The number of piperazine rings is 1. The summed E-state index contributed by atoms with van der Waals surface area (Å²) in [5.41, 5.74) is 1.70. The first-order valence-electron chi connectivity index (χ1n) is 8.54. The van der Waals surface area contributed by atoms with Crippen LogP contribution >= 0.6 is 11.8 Å². The lowest BCUT2D eigenvalue weighted by molar-refractivity contribution is 0.0698. The van der Waals surface area contributed by atoms with Crippen LogP contribution in [0.1, 0.15) is 15.9 Å². The van der Waals surface area contributed by atoms with Crippen molar-refractivity contribution < 1.29 is 17.6 Å². The number of rotatable bonds is 5. The summed E-state index contributed by atoms with van der Waals surface area (Å²) >= 11 is 1.69. The average Bonchev–Trinajstić information content (AvgIpc) is 2.68. The fourth-order valence-electron chi connectivity index (χ4n) is 3.05. The van der Waals surface area contributed by atoms with Crippen molar-refractivity contribution in [3.8, 4) is 0 Å². The number of amides is 1. The lowest BCUT2D eigenvalue weighted by Crippen LogP contribution is -2.50. The Hall–Kier alpha value is -1.90. The van der Waals surface area contributed by atoms with Gasteiger partial charge in [0.05, 0.1) is 4.90 Å². The summed E-state index contributed by atoms with van der Waals surface area (Å²) in [6.07, 6.45) is 2.01. The van der Waals surface area contributed by atoms with Gasteiger partial charge in [0.1, 0.15) is 5.82 Å². The van der Waals surface area contributed by atoms with E-state index in [-0.39, 0.29) is 23.9 Å². The fraction of sp³-hybridized carbons (Fsp3) is 0.316. The van der Waals surface area contributed by atoms with Crippen LogP contribution in [0, 0.1) is 5.82 Å². The molecule has 2 aromatic carbocycles. The zero-order valence-electron chi connectivity index (χ0n) is 15.0. The number of nitrogens with zero attached hydrogens (tertiary/aromatic N) is 2. The lowest BCUT2D eigenvalue weighted by atomic mass is 10.1. The number of benzene rings is 2. The highest BCUT2D eigenvalue weighted by molar-refractivity contribution is 7.97. The molecule has 0 bridgehead atoms. The van der Waals surface area contributed by atoms with Crippen LogP contribution in [0.2, 0.25) is 0 Å². The first-order chi connectivity index (χ1) is 12.9. The molecule has 0 aliphatic carbocycles. The number of hydrogen-bond acceptors (Lipinski definition) is 4. The standard InChI is InChI=1S/C19H21FN2O3S2/c1-26-14-15-4-2-5-16(12-15)19(23)21-8-10-22(11-9-21)27(24,25)18-7-3-6-17(20)13-18/h2-7,12-13H,8-11,14H2,1H3. The van der Waals surface area contributed by atoms with Crippen LogP contribution in [0.25, 0.3) is 0 Å². The fourth-order valence-corrected chi connectivity index (χ4v) is 5.02. The Morgan fingerprint density at radius 3 is 2.44 bits per heavy atom. The maximum absolute atomic E-state index is 13.4. The smallest absolute Gasteiger partial charge is 0.253 e. The van der Waals surface area contributed by atoms with Crippen LogP contribution in [-0.4, -0.2) is 56.0 Å². The molecular formula is C19H21FN2O3S2. The van der Waals surface area contributed by atoms with E-state index in [1.807, 2.05) is 24.5 Å². The van der Waals surface area contributed by atoms with Gasteiger partial charge >= 0.3 is 0 Å². The molecule has 5 nitrogen and oxygen atoms in total. The van der Waals surface area contributed by atoms with Crippen molar-refractivity contribution in [3.05, 3.63) is 65.5 Å². The van der Waals surface area contributed by atoms with Gasteiger partial charge in [0.2, 0.25) is 10.0 Å². The Bertz CT molecular complexity index is 926. The van der Waals surface area contributed by atoms with E-state index in [0.29, 0.717) is 18.7 Å². The Kier molecular flexibility index (Phi) is 6.18. The van der Waals surface area contributed by atoms with E-state index in [9.17, 15) is 17.6 Å². The van der Waals surface area contributed by atoms with Gasteiger partial charge in [-0.25, -0.2) is 12.8 Å². The van der Waals surface area contributed by atoms with E-state index in [0.717, 1.165) is 17.4 Å². The van der Waals surface area contributed by atoms with Crippen LogP contribution in [0.5, 0.6) is 0 Å². The third-order valence-electron chi connectivity index (χ3n) is 4.44. The molecule has 0 N–H and O–H groups in total. The van der Waals surface area contributed by atoms with Gasteiger partial charge in [0.15, 0.2) is 0 Å². The van der Waals surface area contributed by atoms with Gasteiger partial charge in [0.25, 0.3) is 5.91 Å². The molecule has 1 aliphatic heterocycles. The molecule has 144 valence electrons. The maximum Gasteiger partial charge on any atom is 0.253 e. The minimum Gasteiger partial charge on any atom is -0.336 e. The highest BCUT2D eigenvalue weighted by Gasteiger charge is 2.30. The van der Waals surface area contributed by atoms with Crippen LogP contribution in [-0.2, 0) is 15.8 Å². The number of carbonyl (C=O) groups excluding carboxylic acids is 1. The predicted molar refractivity (Wildman–Crippen MR) is 105 cm³/mol. The van der Waals surface area contributed by atoms with Gasteiger partial charge in [-0.15, -0.1) is 0 Å². The van der Waals surface area contributed by atoms with Gasteiger partial charge in [-0.05, 0) is 42.2 Å². The Balaban J connectivity index is 1.68. The summed E-state index contributed by atoms with van der Waals surface area (Å²) in [4.78, 5) is 14.3. The molecule has 0 atom stereocenters. The first kappa shape index (κ1) is 19.9. The summed E-state index contributed by atoms with van der Waals surface area (Å²) in [5.74, 6) is 0.150. The molecule has 3 rings (SSSR count). The Morgan fingerprint density at radius 2 is 1.78 bits per heavy atom. The molecule has 1 amide bonds. The van der Waals surface area contributed by atoms with Crippen molar-refractivity contribution in [2.24, 2.45) is 0 Å². The second kappa shape index (κ2) is 8.41. The largest absolute Gasteiger partial charge is 0.336 e. The van der Waals surface area contributed by atoms with E-state index in [4.69, 9.17) is 0 Å². The molecule has 0 aromatic heterocycles. The summed E-state index contributed by atoms with van der Waals surface area (Å²) in [5, 5.41) is 0. The third kappa shape index (κ3) is 4.51. The van der Waals surface area contributed by atoms with Gasteiger partial charge in [-0.1, -0.05) is 18.2 Å². The highest BCUT2D eigenvalue weighted by Crippen LogP contribution is 2.20. The van der Waals surface area contributed by atoms with Crippen molar-refractivity contribution >= 4 is 27.7 Å². The van der Waals surface area contributed by atoms with Crippen molar-refractivity contribution in [1.29, 1.82) is 0 Å². The summed E-state index contributed by atoms with van der Waals surface area (Å²) in [6.45, 7) is 0.991. The maximum atomic E-state index is 13.4. The molecule has 0 unspecified atom stereocenters. The molecule has 1 heterocycles. The van der Waals surface area contributed by atoms with Crippen LogP contribution < -0.4 is 0 Å². The minimum atomic E-state index is -3.76. The molecule has 0 spiro atoms. The zero-order chi connectivity index (χ0) is 19.4. The normalized spacial score (nSPS) is 15.7. The topological polar surface area (TPSA) is 57.7 Å².